The Balaban J connectivity index is 0.786. The van der Waals surface area contributed by atoms with Crippen LogP contribution in [0.15, 0.2) is 73.1 Å². The van der Waals surface area contributed by atoms with Gasteiger partial charge in [0, 0.05) is 86.0 Å². The molecule has 0 aliphatic carbocycles. The lowest BCUT2D eigenvalue weighted by atomic mass is 9.95. The molecule has 0 radical (unpaired) electrons. The molecule has 76 heavy (non-hydrogen) atoms. The number of halogens is 4. The number of nitrogens with zero attached hydrogens (tertiary/aromatic N) is 5. The number of unbranched alkanes of at least 4 members (excludes halogenated alkanes) is 4. The number of piperidine rings is 1. The van der Waals surface area contributed by atoms with Gasteiger partial charge in [0.05, 0.1) is 49.2 Å². The Hall–Kier alpha value is -7.11. The van der Waals surface area contributed by atoms with Crippen molar-refractivity contribution in [1.82, 2.24) is 35.4 Å². The van der Waals surface area contributed by atoms with Crippen molar-refractivity contribution < 1.29 is 46.5 Å². The van der Waals surface area contributed by atoms with Crippen LogP contribution >= 0.6 is 0 Å². The number of anilines is 3. The van der Waals surface area contributed by atoms with Gasteiger partial charge in [-0.3, -0.25) is 14.4 Å². The van der Waals surface area contributed by atoms with Crippen molar-refractivity contribution in [2.75, 3.05) is 69.5 Å². The highest BCUT2D eigenvalue weighted by Crippen LogP contribution is 2.34. The van der Waals surface area contributed by atoms with E-state index in [9.17, 15) is 37.1 Å². The second-order valence-electron chi connectivity index (χ2n) is 19.9. The number of ether oxygens (including phenoxy) is 2. The Morgan fingerprint density at radius 1 is 0.974 bits per heavy atom. The Morgan fingerprint density at radius 3 is 2.49 bits per heavy atom. The summed E-state index contributed by atoms with van der Waals surface area (Å²) in [5.41, 5.74) is 4.63. The Labute approximate surface area is 441 Å². The van der Waals surface area contributed by atoms with E-state index in [2.05, 4.69) is 48.4 Å². The van der Waals surface area contributed by atoms with Crippen molar-refractivity contribution >= 4 is 45.7 Å². The highest BCUT2D eigenvalue weighted by molar-refractivity contribution is 5.95. The second kappa shape index (κ2) is 26.6. The highest BCUT2D eigenvalue weighted by Gasteiger charge is 2.34. The van der Waals surface area contributed by atoms with E-state index < -0.39 is 31.0 Å². The zero-order valence-electron chi connectivity index (χ0n) is 43.9. The molecule has 7 rings (SSSR count). The summed E-state index contributed by atoms with van der Waals surface area (Å²) in [6, 6.07) is 16.0. The van der Waals surface area contributed by atoms with E-state index in [1.54, 1.807) is 54.9 Å². The van der Waals surface area contributed by atoms with Gasteiger partial charge in [0.25, 0.3) is 5.91 Å². The molecule has 6 N–H and O–H groups in total. The number of hydrogen-bond donors (Lipinski definition) is 6. The Kier molecular flexibility index (Phi) is 19.8. The standard InChI is InChI=1S/C56H70F4N10O6/c1-36(2)53-55(74)66-40(33-71)25-38-17-19-42(28-49(38)69(53)4)76-34-51-63-29-37(30-64-51)31-65-52(72)16-9-7-6-8-10-22-62-54(73)39-18-20-47(50(26-39)75-5)61-23-12-13-41-27-43-45(67-46-21-24-68(3)32-44(46)57)14-11-15-48(43)70(41)35-56(58,59)60/h11,14-15,17-20,26-30,36,40,44,46,53,61,67,71H,6-10,16,21-25,31-35H2,1-5H3,(H,62,73)(H,65,72)(H,66,74)/t40-,44-,46+,53-/m0/s1. The molecule has 4 atom stereocenters. The van der Waals surface area contributed by atoms with Crippen LogP contribution in [0.25, 0.3) is 10.9 Å². The molecular formula is C56H70F4N10O6. The minimum absolute atomic E-state index is 0.0337. The zero-order valence-corrected chi connectivity index (χ0v) is 43.9. The van der Waals surface area contributed by atoms with Crippen molar-refractivity contribution in [1.29, 1.82) is 0 Å². The van der Waals surface area contributed by atoms with Gasteiger partial charge in [0.2, 0.25) is 11.8 Å². The summed E-state index contributed by atoms with van der Waals surface area (Å²) < 4.78 is 69.0. The summed E-state index contributed by atoms with van der Waals surface area (Å²) in [4.78, 5) is 51.3. The molecule has 2 aliphatic rings. The molecule has 20 heteroatoms. The summed E-state index contributed by atoms with van der Waals surface area (Å²) >= 11 is 0. The SMILES string of the molecule is COc1cc(C(=O)NCCCCCCCC(=O)NCc2cnc(COc3ccc4c(c3)N(C)[C@@H](C(C)C)C(=O)N[C@H](CO)C4)nc2)ccc1NCC#Cc1cc2c(N[C@@H]3CCN(C)C[C@@H]3F)cccc2n1CC(F)(F)F. The molecule has 1 fully saturated rings. The van der Waals surface area contributed by atoms with E-state index >= 15 is 0 Å². The number of nitrogens with one attached hydrogen (secondary N) is 5. The van der Waals surface area contributed by atoms with Gasteiger partial charge in [0.15, 0.2) is 5.82 Å². The van der Waals surface area contributed by atoms with Crippen LogP contribution in [0.3, 0.4) is 0 Å². The number of aliphatic hydroxyl groups is 1. The molecule has 408 valence electrons. The number of likely N-dealkylation sites (tertiary alicyclic amines) is 1. The first-order chi connectivity index (χ1) is 36.5. The fraction of sp³-hybridized carbons (Fsp3) is 0.482. The molecule has 3 aromatic carbocycles. The first kappa shape index (κ1) is 56.6. The first-order valence-electron chi connectivity index (χ1n) is 25.9. The molecule has 2 aromatic heterocycles. The maximum absolute atomic E-state index is 14.9. The van der Waals surface area contributed by atoms with Gasteiger partial charge in [-0.05, 0) is 92.6 Å². The van der Waals surface area contributed by atoms with E-state index in [1.165, 1.54) is 7.11 Å². The zero-order chi connectivity index (χ0) is 54.4. The normalized spacial score (nSPS) is 17.9. The van der Waals surface area contributed by atoms with Crippen molar-refractivity contribution in [3.8, 4) is 23.3 Å². The second-order valence-corrected chi connectivity index (χ2v) is 19.9. The number of fused-ring (bicyclic) bond motifs is 2. The lowest BCUT2D eigenvalue weighted by Gasteiger charge is -2.37. The molecule has 1 saturated heterocycles. The van der Waals surface area contributed by atoms with Crippen LogP contribution in [0.5, 0.6) is 11.5 Å². The Bertz CT molecular complexity index is 2830. The lowest BCUT2D eigenvalue weighted by Crippen LogP contribution is -2.54. The number of amides is 3. The summed E-state index contributed by atoms with van der Waals surface area (Å²) in [5, 5.41) is 25.6. The van der Waals surface area contributed by atoms with E-state index in [-0.39, 0.29) is 61.7 Å². The topological polar surface area (TPSA) is 187 Å². The molecule has 4 heterocycles. The van der Waals surface area contributed by atoms with Crippen LogP contribution in [-0.2, 0) is 35.7 Å². The van der Waals surface area contributed by atoms with Gasteiger partial charge in [-0.25, -0.2) is 14.4 Å². The van der Waals surface area contributed by atoms with Crippen molar-refractivity contribution in [3.05, 3.63) is 101 Å². The van der Waals surface area contributed by atoms with Crippen LogP contribution in [0.4, 0.5) is 34.6 Å². The average Bonchev–Trinajstić information content (AvgIpc) is 3.74. The first-order valence-corrected chi connectivity index (χ1v) is 25.9. The molecule has 0 unspecified atom stereocenters. The van der Waals surface area contributed by atoms with Crippen molar-refractivity contribution in [3.63, 3.8) is 0 Å². The maximum atomic E-state index is 14.9. The molecule has 0 spiro atoms. The number of methoxy groups -OCH3 is 1. The van der Waals surface area contributed by atoms with Crippen LogP contribution in [0.1, 0.15) is 91.8 Å². The number of likely N-dealkylation sites (N-methyl/N-ethyl adjacent to an activating group) is 1. The minimum Gasteiger partial charge on any atom is -0.495 e. The van der Waals surface area contributed by atoms with E-state index in [4.69, 9.17) is 9.47 Å². The smallest absolute Gasteiger partial charge is 0.406 e. The number of hydrogen-bond acceptors (Lipinski definition) is 12. The minimum atomic E-state index is -4.50. The summed E-state index contributed by atoms with van der Waals surface area (Å²) in [6.07, 6.45) is 3.28. The third-order valence-electron chi connectivity index (χ3n) is 13.7. The number of rotatable bonds is 22. The molecular weight excluding hydrogens is 985 g/mol. The monoisotopic (exact) mass is 1050 g/mol. The number of carbonyl (C=O) groups is 3. The molecule has 2 aliphatic heterocycles. The summed E-state index contributed by atoms with van der Waals surface area (Å²) in [5.74, 6) is 6.87. The van der Waals surface area contributed by atoms with Gasteiger partial charge in [-0.2, -0.15) is 13.2 Å². The molecule has 0 saturated carbocycles. The van der Waals surface area contributed by atoms with E-state index in [0.29, 0.717) is 84.1 Å². The predicted molar refractivity (Wildman–Crippen MR) is 285 cm³/mol. The van der Waals surface area contributed by atoms with Crippen LogP contribution in [0, 0.1) is 17.8 Å². The van der Waals surface area contributed by atoms with Crippen molar-refractivity contribution in [2.24, 2.45) is 5.92 Å². The number of aromatic nitrogens is 3. The molecule has 0 bridgehead atoms. The van der Waals surface area contributed by atoms with Crippen LogP contribution < -0.4 is 41.0 Å². The Morgan fingerprint density at radius 2 is 1.75 bits per heavy atom. The number of carbonyl (C=O) groups excluding carboxylic acids is 3. The average molecular weight is 1060 g/mol. The van der Waals surface area contributed by atoms with Crippen LogP contribution in [0.2, 0.25) is 0 Å². The van der Waals surface area contributed by atoms with Gasteiger partial charge in [-0.15, -0.1) is 0 Å². The van der Waals surface area contributed by atoms with Gasteiger partial charge < -0.3 is 55.5 Å². The molecule has 3 amide bonds. The highest BCUT2D eigenvalue weighted by atomic mass is 19.4. The number of alkyl halides is 4. The summed E-state index contributed by atoms with van der Waals surface area (Å²) in [6.45, 7) is 4.54. The maximum Gasteiger partial charge on any atom is 0.406 e. The van der Waals surface area contributed by atoms with Crippen molar-refractivity contribution in [2.45, 2.75) is 115 Å². The van der Waals surface area contributed by atoms with Gasteiger partial charge >= 0.3 is 6.18 Å². The lowest BCUT2D eigenvalue weighted by molar-refractivity contribution is -0.140. The third kappa shape index (κ3) is 15.5. The predicted octanol–water partition coefficient (Wildman–Crippen LogP) is 7.38. The number of benzene rings is 3. The third-order valence-corrected chi connectivity index (χ3v) is 13.7. The molecule has 16 nitrogen and oxygen atoms in total. The fourth-order valence-electron chi connectivity index (χ4n) is 9.69. The molecule has 5 aromatic rings. The number of aliphatic hydroxyl groups excluding tert-OH is 1. The quantitative estimate of drug-likeness (QED) is 0.0230. The van der Waals surface area contributed by atoms with E-state index in [1.807, 2.05) is 55.9 Å². The largest absolute Gasteiger partial charge is 0.495 e. The fourth-order valence-corrected chi connectivity index (χ4v) is 9.69. The van der Waals surface area contributed by atoms with Crippen LogP contribution in [-0.4, -0.2) is 127 Å². The summed E-state index contributed by atoms with van der Waals surface area (Å²) in [7, 11) is 5.22. The van der Waals surface area contributed by atoms with Gasteiger partial charge in [0.1, 0.15) is 36.9 Å². The van der Waals surface area contributed by atoms with E-state index in [0.717, 1.165) is 53.5 Å². The van der Waals surface area contributed by atoms with Gasteiger partial charge in [-0.1, -0.05) is 51.2 Å².